The molecule has 0 aliphatic heterocycles. The Morgan fingerprint density at radius 2 is 1.94 bits per heavy atom. The van der Waals surface area contributed by atoms with Gasteiger partial charge in [-0.15, -0.1) is 0 Å². The minimum atomic E-state index is -0.0231. The summed E-state index contributed by atoms with van der Waals surface area (Å²) in [5, 5.41) is 8.82. The molecular formula is C15H11N. The summed E-state index contributed by atoms with van der Waals surface area (Å²) in [5.41, 5.74) is 2.03. The van der Waals surface area contributed by atoms with E-state index in [1.165, 1.54) is 0 Å². The molecule has 0 saturated heterocycles. The lowest BCUT2D eigenvalue weighted by atomic mass is 9.96. The minimum Gasteiger partial charge on any atom is -0.198 e. The average molecular weight is 205 g/mol. The predicted molar refractivity (Wildman–Crippen MR) is 64.3 cm³/mol. The van der Waals surface area contributed by atoms with Gasteiger partial charge in [-0.3, -0.25) is 0 Å². The summed E-state index contributed by atoms with van der Waals surface area (Å²) >= 11 is 0. The highest BCUT2D eigenvalue weighted by atomic mass is 14.3. The van der Waals surface area contributed by atoms with Gasteiger partial charge in [-0.05, 0) is 18.6 Å². The molecule has 1 nitrogen and oxygen atoms in total. The maximum atomic E-state index is 8.82. The molecule has 0 heterocycles. The first kappa shape index (κ1) is 10.3. The molecule has 1 aliphatic rings. The van der Waals surface area contributed by atoms with Crippen molar-refractivity contribution in [1.29, 1.82) is 5.26 Å². The first-order chi connectivity index (χ1) is 7.88. The van der Waals surface area contributed by atoms with Crippen molar-refractivity contribution in [1.82, 2.24) is 0 Å². The van der Waals surface area contributed by atoms with E-state index < -0.39 is 0 Å². The number of nitrogens with zero attached hydrogens (tertiary/aromatic N) is 1. The Hall–Kier alpha value is -2.25. The molecule has 0 radical (unpaired) electrons. The molecule has 16 heavy (non-hydrogen) atoms. The van der Waals surface area contributed by atoms with Crippen LogP contribution >= 0.6 is 0 Å². The van der Waals surface area contributed by atoms with Crippen molar-refractivity contribution in [3.05, 3.63) is 59.7 Å². The van der Waals surface area contributed by atoms with Crippen molar-refractivity contribution in [2.24, 2.45) is 5.92 Å². The van der Waals surface area contributed by atoms with Crippen LogP contribution in [0.15, 0.2) is 54.1 Å². The second kappa shape index (κ2) is 5.01. The van der Waals surface area contributed by atoms with Gasteiger partial charge in [0.2, 0.25) is 0 Å². The van der Waals surface area contributed by atoms with Crippen molar-refractivity contribution in [2.45, 2.75) is 6.42 Å². The molecule has 1 aromatic carbocycles. The van der Waals surface area contributed by atoms with E-state index in [9.17, 15) is 0 Å². The maximum absolute atomic E-state index is 8.82. The van der Waals surface area contributed by atoms with Crippen molar-refractivity contribution >= 4 is 0 Å². The van der Waals surface area contributed by atoms with Gasteiger partial charge in [0.25, 0.3) is 0 Å². The van der Waals surface area contributed by atoms with E-state index in [2.05, 4.69) is 17.9 Å². The number of hydrogen-bond acceptors (Lipinski definition) is 1. The zero-order valence-electron chi connectivity index (χ0n) is 8.85. The van der Waals surface area contributed by atoms with E-state index in [1.807, 2.05) is 48.6 Å². The van der Waals surface area contributed by atoms with E-state index in [0.29, 0.717) is 0 Å². The highest BCUT2D eigenvalue weighted by Crippen LogP contribution is 2.17. The summed E-state index contributed by atoms with van der Waals surface area (Å²) in [7, 11) is 0. The van der Waals surface area contributed by atoms with Crippen LogP contribution in [-0.4, -0.2) is 0 Å². The van der Waals surface area contributed by atoms with Crippen LogP contribution in [0.2, 0.25) is 0 Å². The van der Waals surface area contributed by atoms with Gasteiger partial charge in [0.1, 0.15) is 0 Å². The molecule has 0 fully saturated rings. The Morgan fingerprint density at radius 1 is 1.12 bits per heavy atom. The molecule has 0 spiro atoms. The Balaban J connectivity index is 2.13. The van der Waals surface area contributed by atoms with Crippen LogP contribution in [0, 0.1) is 29.1 Å². The smallest absolute Gasteiger partial charge is 0.0701 e. The van der Waals surface area contributed by atoms with Crippen LogP contribution in [0.3, 0.4) is 0 Å². The first-order valence-corrected chi connectivity index (χ1v) is 5.22. The quantitative estimate of drug-likeness (QED) is 0.597. The van der Waals surface area contributed by atoms with Crippen LogP contribution in [0.1, 0.15) is 12.0 Å². The lowest BCUT2D eigenvalue weighted by molar-refractivity contribution is 0.817. The molecule has 0 amide bonds. The monoisotopic (exact) mass is 205 g/mol. The summed E-state index contributed by atoms with van der Waals surface area (Å²) in [6, 6.07) is 12.1. The van der Waals surface area contributed by atoms with Gasteiger partial charge in [-0.1, -0.05) is 48.3 Å². The Kier molecular flexibility index (Phi) is 3.22. The van der Waals surface area contributed by atoms with Gasteiger partial charge < -0.3 is 0 Å². The largest absolute Gasteiger partial charge is 0.198 e. The van der Waals surface area contributed by atoms with Gasteiger partial charge in [-0.2, -0.15) is 5.26 Å². The van der Waals surface area contributed by atoms with Crippen LogP contribution < -0.4 is 0 Å². The second-order valence-corrected chi connectivity index (χ2v) is 3.63. The van der Waals surface area contributed by atoms with Crippen molar-refractivity contribution in [3.63, 3.8) is 0 Å². The molecule has 1 heteroatoms. The van der Waals surface area contributed by atoms with E-state index in [0.717, 1.165) is 17.6 Å². The average Bonchev–Trinajstić information content (AvgIpc) is 2.38. The highest BCUT2D eigenvalue weighted by Gasteiger charge is 2.07. The normalized spacial score (nSPS) is 17.9. The van der Waals surface area contributed by atoms with E-state index in [1.54, 1.807) is 0 Å². The zero-order valence-corrected chi connectivity index (χ0v) is 8.85. The topological polar surface area (TPSA) is 23.8 Å². The van der Waals surface area contributed by atoms with E-state index in [4.69, 9.17) is 5.26 Å². The molecule has 0 aromatic heterocycles. The van der Waals surface area contributed by atoms with Crippen molar-refractivity contribution in [3.8, 4) is 17.9 Å². The van der Waals surface area contributed by atoms with Crippen molar-refractivity contribution < 1.29 is 0 Å². The molecule has 1 atom stereocenters. The molecule has 0 bridgehead atoms. The Morgan fingerprint density at radius 3 is 2.69 bits per heavy atom. The molecule has 76 valence electrons. The highest BCUT2D eigenvalue weighted by molar-refractivity contribution is 5.43. The fourth-order valence-electron chi connectivity index (χ4n) is 1.53. The van der Waals surface area contributed by atoms with Crippen LogP contribution in [0.4, 0.5) is 0 Å². The minimum absolute atomic E-state index is 0.0231. The number of allylic oxidation sites excluding steroid dienone is 4. The summed E-state index contributed by atoms with van der Waals surface area (Å²) in [5.74, 6) is 6.19. The van der Waals surface area contributed by atoms with E-state index in [-0.39, 0.29) is 5.92 Å². The van der Waals surface area contributed by atoms with Crippen LogP contribution in [0.5, 0.6) is 0 Å². The van der Waals surface area contributed by atoms with Gasteiger partial charge in [0.15, 0.2) is 0 Å². The third kappa shape index (κ3) is 2.62. The lowest BCUT2D eigenvalue weighted by Crippen LogP contribution is -1.97. The Bertz CT molecular complexity index is 518. The van der Waals surface area contributed by atoms with Gasteiger partial charge >= 0.3 is 0 Å². The second-order valence-electron chi connectivity index (χ2n) is 3.63. The van der Waals surface area contributed by atoms with Gasteiger partial charge in [0.05, 0.1) is 12.0 Å². The molecule has 1 aromatic rings. The Labute approximate surface area is 95.7 Å². The predicted octanol–water partition coefficient (Wildman–Crippen LogP) is 3.06. The summed E-state index contributed by atoms with van der Waals surface area (Å²) in [6.07, 6.45) is 6.52. The summed E-state index contributed by atoms with van der Waals surface area (Å²) < 4.78 is 0. The lowest BCUT2D eigenvalue weighted by Gasteiger charge is -2.06. The van der Waals surface area contributed by atoms with Gasteiger partial charge in [0, 0.05) is 11.1 Å². The third-order valence-corrected chi connectivity index (χ3v) is 2.39. The summed E-state index contributed by atoms with van der Waals surface area (Å²) in [4.78, 5) is 0. The van der Waals surface area contributed by atoms with Crippen LogP contribution in [-0.2, 0) is 0 Å². The third-order valence-electron chi connectivity index (χ3n) is 2.39. The van der Waals surface area contributed by atoms with E-state index >= 15 is 0 Å². The fourth-order valence-corrected chi connectivity index (χ4v) is 1.53. The van der Waals surface area contributed by atoms with Crippen LogP contribution in [0.25, 0.3) is 0 Å². The first-order valence-electron chi connectivity index (χ1n) is 5.22. The maximum Gasteiger partial charge on any atom is 0.0701 e. The molecule has 1 aliphatic carbocycles. The SMILES string of the molecule is N#CC1C=CC=C(C#Cc2ccccc2)C1. The number of nitriles is 1. The zero-order chi connectivity index (χ0) is 11.2. The molecular weight excluding hydrogens is 194 g/mol. The fraction of sp³-hybridized carbons (Fsp3) is 0.133. The molecule has 1 unspecified atom stereocenters. The molecule has 0 saturated carbocycles. The van der Waals surface area contributed by atoms with Crippen molar-refractivity contribution in [2.75, 3.05) is 0 Å². The standard InChI is InChI=1S/C15H11N/c16-12-15-8-4-7-14(11-15)10-9-13-5-2-1-3-6-13/h1-8,15H,11H2. The number of benzene rings is 1. The number of rotatable bonds is 0. The van der Waals surface area contributed by atoms with Gasteiger partial charge in [-0.25, -0.2) is 0 Å². The summed E-state index contributed by atoms with van der Waals surface area (Å²) in [6.45, 7) is 0. The molecule has 0 N–H and O–H groups in total. The molecule has 2 rings (SSSR count). The number of hydrogen-bond donors (Lipinski definition) is 0.